The molecule has 2 N–H and O–H groups in total. The van der Waals surface area contributed by atoms with E-state index in [-0.39, 0.29) is 23.6 Å². The standard InChI is InChI=1S/C21H22F3N5O3/c1-11-12(2)25-20(27-19(11)31)29-14(4)17(13(3)28-29)9-10-18(30)26-15-5-7-16(8-6-15)32-21(22,23)24/h5-8H,9-10H2,1-4H3,(H,26,30)(H,25,27,31). The molecule has 1 aromatic carbocycles. The highest BCUT2D eigenvalue weighted by atomic mass is 19.4. The average Bonchev–Trinajstić information content (AvgIpc) is 2.98. The molecule has 8 nitrogen and oxygen atoms in total. The predicted molar refractivity (Wildman–Crippen MR) is 111 cm³/mol. The van der Waals surface area contributed by atoms with Crippen LogP contribution in [0.25, 0.3) is 5.95 Å². The van der Waals surface area contributed by atoms with Gasteiger partial charge in [0.25, 0.3) is 5.56 Å². The molecule has 0 atom stereocenters. The van der Waals surface area contributed by atoms with Gasteiger partial charge in [-0.05, 0) is 63.9 Å². The fourth-order valence-corrected chi connectivity index (χ4v) is 3.18. The second-order valence-corrected chi connectivity index (χ2v) is 7.28. The SMILES string of the molecule is Cc1nn(-c2nc(C)c(C)c(=O)[nH]2)c(C)c1CCC(=O)Nc1ccc(OC(F)(F)F)cc1. The number of nitrogens with zero attached hydrogens (tertiary/aromatic N) is 3. The summed E-state index contributed by atoms with van der Waals surface area (Å²) in [6.07, 6.45) is -4.26. The monoisotopic (exact) mass is 449 g/mol. The Hall–Kier alpha value is -3.63. The summed E-state index contributed by atoms with van der Waals surface area (Å²) in [5, 5.41) is 7.08. The summed E-state index contributed by atoms with van der Waals surface area (Å²) in [6, 6.07) is 4.90. The van der Waals surface area contributed by atoms with Gasteiger partial charge in [-0.25, -0.2) is 9.67 Å². The molecule has 3 aromatic rings. The lowest BCUT2D eigenvalue weighted by Crippen LogP contribution is -2.18. The van der Waals surface area contributed by atoms with E-state index < -0.39 is 6.36 Å². The molecule has 0 saturated carbocycles. The Balaban J connectivity index is 1.67. The van der Waals surface area contributed by atoms with Crippen LogP contribution in [0.2, 0.25) is 0 Å². The summed E-state index contributed by atoms with van der Waals surface area (Å²) in [5.74, 6) is -0.374. The van der Waals surface area contributed by atoms with Crippen molar-refractivity contribution >= 4 is 11.6 Å². The molecule has 11 heteroatoms. The number of nitrogens with one attached hydrogen (secondary N) is 2. The van der Waals surface area contributed by atoms with Crippen LogP contribution in [-0.4, -0.2) is 32.0 Å². The molecule has 2 heterocycles. The smallest absolute Gasteiger partial charge is 0.406 e. The third kappa shape index (κ3) is 5.34. The van der Waals surface area contributed by atoms with Crippen molar-refractivity contribution < 1.29 is 22.7 Å². The molecule has 0 unspecified atom stereocenters. The predicted octanol–water partition coefficient (Wildman–Crippen LogP) is 3.66. The molecule has 3 rings (SSSR count). The largest absolute Gasteiger partial charge is 0.573 e. The van der Waals surface area contributed by atoms with Crippen molar-refractivity contribution in [3.63, 3.8) is 0 Å². The van der Waals surface area contributed by atoms with Crippen LogP contribution in [-0.2, 0) is 11.2 Å². The van der Waals surface area contributed by atoms with Gasteiger partial charge in [0.05, 0.1) is 5.69 Å². The van der Waals surface area contributed by atoms with Crippen LogP contribution in [0.5, 0.6) is 5.75 Å². The van der Waals surface area contributed by atoms with E-state index >= 15 is 0 Å². The first-order chi connectivity index (χ1) is 14.9. The van der Waals surface area contributed by atoms with Crippen LogP contribution in [0, 0.1) is 27.7 Å². The van der Waals surface area contributed by atoms with Gasteiger partial charge >= 0.3 is 6.36 Å². The van der Waals surface area contributed by atoms with E-state index in [1.54, 1.807) is 20.8 Å². The van der Waals surface area contributed by atoms with E-state index in [1.807, 2.05) is 6.92 Å². The van der Waals surface area contributed by atoms with Crippen molar-refractivity contribution in [2.24, 2.45) is 0 Å². The van der Waals surface area contributed by atoms with Crippen molar-refractivity contribution in [1.82, 2.24) is 19.7 Å². The summed E-state index contributed by atoms with van der Waals surface area (Å²) >= 11 is 0. The van der Waals surface area contributed by atoms with E-state index in [1.165, 1.54) is 16.8 Å². The highest BCUT2D eigenvalue weighted by Crippen LogP contribution is 2.24. The van der Waals surface area contributed by atoms with Crippen LogP contribution < -0.4 is 15.6 Å². The van der Waals surface area contributed by atoms with Crippen LogP contribution in [0.3, 0.4) is 0 Å². The normalized spacial score (nSPS) is 11.5. The zero-order valence-electron chi connectivity index (χ0n) is 17.9. The molecule has 0 radical (unpaired) electrons. The van der Waals surface area contributed by atoms with Crippen molar-refractivity contribution in [3.05, 3.63) is 62.8 Å². The Morgan fingerprint density at radius 3 is 2.38 bits per heavy atom. The summed E-state index contributed by atoms with van der Waals surface area (Å²) in [5.41, 5.74) is 3.53. The third-order valence-corrected chi connectivity index (χ3v) is 5.00. The number of hydrogen-bond donors (Lipinski definition) is 2. The Morgan fingerprint density at radius 2 is 1.78 bits per heavy atom. The lowest BCUT2D eigenvalue weighted by Gasteiger charge is -2.10. The minimum absolute atomic E-state index is 0.130. The summed E-state index contributed by atoms with van der Waals surface area (Å²) in [6.45, 7) is 7.05. The lowest BCUT2D eigenvalue weighted by molar-refractivity contribution is -0.274. The number of rotatable bonds is 6. The Labute approximate surface area is 181 Å². The maximum absolute atomic E-state index is 12.3. The molecule has 2 aromatic heterocycles. The number of aromatic nitrogens is 4. The number of aromatic amines is 1. The topological polar surface area (TPSA) is 102 Å². The molecule has 0 bridgehead atoms. The van der Waals surface area contributed by atoms with E-state index in [9.17, 15) is 22.8 Å². The van der Waals surface area contributed by atoms with Gasteiger partial charge in [0, 0.05) is 29.1 Å². The molecule has 0 spiro atoms. The number of benzene rings is 1. The van der Waals surface area contributed by atoms with Crippen molar-refractivity contribution in [2.75, 3.05) is 5.32 Å². The second kappa shape index (κ2) is 8.85. The molecule has 0 aliphatic heterocycles. The van der Waals surface area contributed by atoms with Gasteiger partial charge in [-0.2, -0.15) is 5.10 Å². The van der Waals surface area contributed by atoms with Gasteiger partial charge in [0.15, 0.2) is 0 Å². The maximum atomic E-state index is 12.3. The Morgan fingerprint density at radius 1 is 1.12 bits per heavy atom. The number of carbonyl (C=O) groups excluding carboxylic acids is 1. The molecule has 0 aliphatic carbocycles. The minimum Gasteiger partial charge on any atom is -0.406 e. The van der Waals surface area contributed by atoms with Gasteiger partial charge in [0.1, 0.15) is 5.75 Å². The molecule has 0 saturated heterocycles. The summed E-state index contributed by atoms with van der Waals surface area (Å²) in [4.78, 5) is 31.5. The van der Waals surface area contributed by atoms with Crippen LogP contribution in [0.4, 0.5) is 18.9 Å². The first-order valence-corrected chi connectivity index (χ1v) is 9.73. The molecule has 0 aliphatic rings. The van der Waals surface area contributed by atoms with Gasteiger partial charge in [-0.15, -0.1) is 13.2 Å². The lowest BCUT2D eigenvalue weighted by atomic mass is 10.1. The molecule has 1 amide bonds. The van der Waals surface area contributed by atoms with E-state index in [0.717, 1.165) is 23.4 Å². The molecule has 170 valence electrons. The first-order valence-electron chi connectivity index (χ1n) is 9.73. The van der Waals surface area contributed by atoms with Gasteiger partial charge in [-0.1, -0.05) is 0 Å². The van der Waals surface area contributed by atoms with E-state index in [2.05, 4.69) is 25.1 Å². The van der Waals surface area contributed by atoms with Crippen LogP contribution in [0.15, 0.2) is 29.1 Å². The quantitative estimate of drug-likeness (QED) is 0.598. The summed E-state index contributed by atoms with van der Waals surface area (Å²) < 4.78 is 42.0. The fraction of sp³-hybridized carbons (Fsp3) is 0.333. The highest BCUT2D eigenvalue weighted by Gasteiger charge is 2.31. The number of ether oxygens (including phenoxy) is 1. The number of aryl methyl sites for hydroxylation is 2. The average molecular weight is 449 g/mol. The van der Waals surface area contributed by atoms with Crippen LogP contribution >= 0.6 is 0 Å². The second-order valence-electron chi connectivity index (χ2n) is 7.28. The van der Waals surface area contributed by atoms with Crippen molar-refractivity contribution in [3.8, 4) is 11.7 Å². The van der Waals surface area contributed by atoms with E-state index in [4.69, 9.17) is 0 Å². The number of amides is 1. The third-order valence-electron chi connectivity index (χ3n) is 5.00. The Bertz CT molecular complexity index is 1200. The van der Waals surface area contributed by atoms with Gasteiger partial charge in [0.2, 0.25) is 11.9 Å². The fourth-order valence-electron chi connectivity index (χ4n) is 3.18. The zero-order valence-corrected chi connectivity index (χ0v) is 17.9. The number of H-pyrrole nitrogens is 1. The number of carbonyl (C=O) groups is 1. The molecular formula is C21H22F3N5O3. The van der Waals surface area contributed by atoms with Crippen LogP contribution in [0.1, 0.15) is 34.6 Å². The summed E-state index contributed by atoms with van der Waals surface area (Å²) in [7, 11) is 0. The van der Waals surface area contributed by atoms with Gasteiger partial charge < -0.3 is 10.1 Å². The maximum Gasteiger partial charge on any atom is 0.573 e. The van der Waals surface area contributed by atoms with Crippen molar-refractivity contribution in [1.29, 1.82) is 0 Å². The number of halogens is 3. The van der Waals surface area contributed by atoms with Crippen molar-refractivity contribution in [2.45, 2.75) is 46.9 Å². The zero-order chi connectivity index (χ0) is 23.6. The Kier molecular flexibility index (Phi) is 6.37. The van der Waals surface area contributed by atoms with Gasteiger partial charge in [-0.3, -0.25) is 14.6 Å². The first kappa shape index (κ1) is 23.0. The molecule has 0 fully saturated rings. The number of hydrogen-bond acceptors (Lipinski definition) is 5. The highest BCUT2D eigenvalue weighted by molar-refractivity contribution is 5.90. The molecule has 32 heavy (non-hydrogen) atoms. The number of anilines is 1. The number of alkyl halides is 3. The molecular weight excluding hydrogens is 427 g/mol. The minimum atomic E-state index is -4.77. The van der Waals surface area contributed by atoms with E-state index in [0.29, 0.717) is 35.0 Å².